The number of nitrogens with one attached hydrogen (secondary N) is 1. The van der Waals surface area contributed by atoms with Crippen LogP contribution in [0.15, 0.2) is 40.0 Å². The SMILES string of the molecule is CCCn1c2ccccc2c2nnc(S[C@H](CC)C(=O)Nc3cc(C)on3)nc21. The second-order valence-corrected chi connectivity index (χ2v) is 7.93. The Kier molecular flexibility index (Phi) is 5.48. The molecule has 0 radical (unpaired) electrons. The summed E-state index contributed by atoms with van der Waals surface area (Å²) in [6, 6.07) is 9.80. The minimum Gasteiger partial charge on any atom is -0.360 e. The summed E-state index contributed by atoms with van der Waals surface area (Å²) >= 11 is 1.31. The number of aryl methyl sites for hydroxylation is 2. The van der Waals surface area contributed by atoms with Gasteiger partial charge in [0.1, 0.15) is 11.3 Å². The van der Waals surface area contributed by atoms with E-state index in [9.17, 15) is 4.79 Å². The molecular formula is C20H22N6O2S. The molecule has 4 aromatic rings. The van der Waals surface area contributed by atoms with Crippen LogP contribution >= 0.6 is 11.8 Å². The van der Waals surface area contributed by atoms with Gasteiger partial charge in [0.15, 0.2) is 11.5 Å². The van der Waals surface area contributed by atoms with Crippen LogP contribution in [0.4, 0.5) is 5.82 Å². The first-order chi connectivity index (χ1) is 14.1. The zero-order valence-corrected chi connectivity index (χ0v) is 17.4. The third-order valence-electron chi connectivity index (χ3n) is 4.59. The fourth-order valence-electron chi connectivity index (χ4n) is 3.27. The van der Waals surface area contributed by atoms with Crippen molar-refractivity contribution in [2.75, 3.05) is 5.32 Å². The molecule has 1 aromatic carbocycles. The molecule has 1 amide bonds. The van der Waals surface area contributed by atoms with Crippen LogP contribution in [0.3, 0.4) is 0 Å². The van der Waals surface area contributed by atoms with Crippen LogP contribution in [0.5, 0.6) is 0 Å². The molecule has 0 aliphatic heterocycles. The van der Waals surface area contributed by atoms with Crippen LogP contribution < -0.4 is 5.32 Å². The highest BCUT2D eigenvalue weighted by Crippen LogP contribution is 2.29. The summed E-state index contributed by atoms with van der Waals surface area (Å²) < 4.78 is 7.17. The summed E-state index contributed by atoms with van der Waals surface area (Å²) in [7, 11) is 0. The molecule has 0 saturated carbocycles. The van der Waals surface area contributed by atoms with Crippen molar-refractivity contribution in [3.8, 4) is 0 Å². The van der Waals surface area contributed by atoms with Gasteiger partial charge in [-0.15, -0.1) is 10.2 Å². The molecule has 0 saturated heterocycles. The average molecular weight is 411 g/mol. The molecule has 1 atom stereocenters. The summed E-state index contributed by atoms with van der Waals surface area (Å²) in [5.74, 6) is 0.885. The van der Waals surface area contributed by atoms with E-state index in [1.807, 2.05) is 25.1 Å². The van der Waals surface area contributed by atoms with Crippen molar-refractivity contribution in [1.29, 1.82) is 0 Å². The number of hydrogen-bond donors (Lipinski definition) is 1. The van der Waals surface area contributed by atoms with E-state index in [4.69, 9.17) is 9.51 Å². The molecule has 0 aliphatic rings. The number of hydrogen-bond acceptors (Lipinski definition) is 7. The Bertz CT molecular complexity index is 1170. The van der Waals surface area contributed by atoms with Gasteiger partial charge in [-0.05, 0) is 25.8 Å². The van der Waals surface area contributed by atoms with Gasteiger partial charge in [-0.3, -0.25) is 4.79 Å². The minimum atomic E-state index is -0.366. The average Bonchev–Trinajstić information content (AvgIpc) is 3.27. The predicted molar refractivity (Wildman–Crippen MR) is 113 cm³/mol. The Morgan fingerprint density at radius 3 is 2.83 bits per heavy atom. The predicted octanol–water partition coefficient (Wildman–Crippen LogP) is 4.20. The Hall–Kier alpha value is -2.94. The van der Waals surface area contributed by atoms with Gasteiger partial charge < -0.3 is 14.4 Å². The summed E-state index contributed by atoms with van der Waals surface area (Å²) in [6.45, 7) is 6.70. The van der Waals surface area contributed by atoms with Gasteiger partial charge in [0.25, 0.3) is 0 Å². The summed E-state index contributed by atoms with van der Waals surface area (Å²) in [6.07, 6.45) is 1.60. The topological polar surface area (TPSA) is 98.7 Å². The lowest BCUT2D eigenvalue weighted by Crippen LogP contribution is -2.25. The highest BCUT2D eigenvalue weighted by molar-refractivity contribution is 8.00. The van der Waals surface area contributed by atoms with Gasteiger partial charge in [0.05, 0.1) is 10.8 Å². The number of rotatable bonds is 7. The number of benzene rings is 1. The molecule has 0 aliphatic carbocycles. The Morgan fingerprint density at radius 2 is 2.10 bits per heavy atom. The maximum absolute atomic E-state index is 12.6. The second-order valence-electron chi connectivity index (χ2n) is 6.76. The van der Waals surface area contributed by atoms with Gasteiger partial charge in [-0.2, -0.15) is 0 Å². The van der Waals surface area contributed by atoms with Crippen LogP contribution in [-0.4, -0.2) is 36.1 Å². The zero-order valence-electron chi connectivity index (χ0n) is 16.5. The number of carbonyl (C=O) groups is 1. The van der Waals surface area contributed by atoms with E-state index in [0.717, 1.165) is 35.0 Å². The van der Waals surface area contributed by atoms with Crippen molar-refractivity contribution < 1.29 is 9.32 Å². The molecular weight excluding hydrogens is 388 g/mol. The Balaban J connectivity index is 1.63. The lowest BCUT2D eigenvalue weighted by Gasteiger charge is -2.12. The summed E-state index contributed by atoms with van der Waals surface area (Å²) in [4.78, 5) is 17.4. The van der Waals surface area contributed by atoms with E-state index in [1.165, 1.54) is 11.8 Å². The molecule has 0 unspecified atom stereocenters. The van der Waals surface area contributed by atoms with Crippen LogP contribution in [0, 0.1) is 6.92 Å². The quantitative estimate of drug-likeness (QED) is 0.456. The third-order valence-corrected chi connectivity index (χ3v) is 5.81. The number of thioether (sulfide) groups is 1. The van der Waals surface area contributed by atoms with Crippen LogP contribution in [0.25, 0.3) is 22.1 Å². The number of anilines is 1. The number of amides is 1. The minimum absolute atomic E-state index is 0.163. The van der Waals surface area contributed by atoms with E-state index >= 15 is 0 Å². The van der Waals surface area contributed by atoms with Gasteiger partial charge in [-0.25, -0.2) is 4.98 Å². The van der Waals surface area contributed by atoms with E-state index < -0.39 is 0 Å². The Morgan fingerprint density at radius 1 is 1.28 bits per heavy atom. The van der Waals surface area contributed by atoms with E-state index in [0.29, 0.717) is 23.2 Å². The maximum Gasteiger partial charge on any atom is 0.239 e. The van der Waals surface area contributed by atoms with Crippen molar-refractivity contribution >= 4 is 45.6 Å². The van der Waals surface area contributed by atoms with Crippen molar-refractivity contribution in [1.82, 2.24) is 24.9 Å². The van der Waals surface area contributed by atoms with Crippen molar-refractivity contribution in [2.45, 2.75) is 50.6 Å². The molecule has 29 heavy (non-hydrogen) atoms. The first-order valence-corrected chi connectivity index (χ1v) is 10.5. The first kappa shape index (κ1) is 19.4. The normalized spacial score (nSPS) is 12.5. The molecule has 9 heteroatoms. The summed E-state index contributed by atoms with van der Waals surface area (Å²) in [5, 5.41) is 16.5. The van der Waals surface area contributed by atoms with E-state index in [-0.39, 0.29) is 11.2 Å². The van der Waals surface area contributed by atoms with Crippen molar-refractivity contribution in [3.05, 3.63) is 36.1 Å². The lowest BCUT2D eigenvalue weighted by molar-refractivity contribution is -0.115. The monoisotopic (exact) mass is 410 g/mol. The lowest BCUT2D eigenvalue weighted by atomic mass is 10.2. The maximum atomic E-state index is 12.6. The molecule has 3 heterocycles. The molecule has 150 valence electrons. The van der Waals surface area contributed by atoms with Crippen LogP contribution in [0.1, 0.15) is 32.4 Å². The second kappa shape index (κ2) is 8.20. The van der Waals surface area contributed by atoms with Crippen LogP contribution in [0.2, 0.25) is 0 Å². The summed E-state index contributed by atoms with van der Waals surface area (Å²) in [5.41, 5.74) is 2.68. The highest BCUT2D eigenvalue weighted by Gasteiger charge is 2.22. The molecule has 0 bridgehead atoms. The highest BCUT2D eigenvalue weighted by atomic mass is 32.2. The first-order valence-electron chi connectivity index (χ1n) is 9.63. The Labute approximate surface area is 172 Å². The number of para-hydroxylation sites is 1. The molecule has 1 N–H and O–H groups in total. The van der Waals surface area contributed by atoms with E-state index in [2.05, 4.69) is 38.2 Å². The van der Waals surface area contributed by atoms with E-state index in [1.54, 1.807) is 13.0 Å². The van der Waals surface area contributed by atoms with Crippen molar-refractivity contribution in [3.63, 3.8) is 0 Å². The molecule has 0 spiro atoms. The largest absolute Gasteiger partial charge is 0.360 e. The number of fused-ring (bicyclic) bond motifs is 3. The molecule has 4 rings (SSSR count). The van der Waals surface area contributed by atoms with Gasteiger partial charge in [0.2, 0.25) is 11.1 Å². The van der Waals surface area contributed by atoms with Gasteiger partial charge in [0, 0.05) is 18.0 Å². The van der Waals surface area contributed by atoms with Gasteiger partial charge >= 0.3 is 0 Å². The fraction of sp³-hybridized carbons (Fsp3) is 0.350. The molecule has 8 nitrogen and oxygen atoms in total. The standard InChI is InChI=1S/C20H22N6O2S/c1-4-10-26-14-9-7-6-8-13(14)17-18(26)22-20(24-23-17)29-15(5-2)19(27)21-16-11-12(3)28-25-16/h6-9,11,15H,4-5,10H2,1-3H3,(H,21,25,27)/t15-/m1/s1. The fourth-order valence-corrected chi connectivity index (χ4v) is 4.08. The number of aromatic nitrogens is 5. The number of carbonyl (C=O) groups excluding carboxylic acids is 1. The molecule has 3 aromatic heterocycles. The smallest absolute Gasteiger partial charge is 0.239 e. The number of nitrogens with zero attached hydrogens (tertiary/aromatic N) is 5. The van der Waals surface area contributed by atoms with Crippen LogP contribution in [-0.2, 0) is 11.3 Å². The zero-order chi connectivity index (χ0) is 20.4. The molecule has 0 fully saturated rings. The van der Waals surface area contributed by atoms with Crippen molar-refractivity contribution in [2.24, 2.45) is 0 Å². The third kappa shape index (κ3) is 3.82. The van der Waals surface area contributed by atoms with Gasteiger partial charge in [-0.1, -0.05) is 49.0 Å².